The first kappa shape index (κ1) is 20.0. The van der Waals surface area contributed by atoms with Crippen LogP contribution in [0.25, 0.3) is 12.2 Å². The first-order valence-corrected chi connectivity index (χ1v) is 10.3. The van der Waals surface area contributed by atoms with E-state index in [-0.39, 0.29) is 18.7 Å². The number of thiazole rings is 1. The molecule has 1 aromatic carbocycles. The third-order valence-electron chi connectivity index (χ3n) is 4.88. The molecule has 0 radical (unpaired) electrons. The smallest absolute Gasteiger partial charge is 0.307 e. The van der Waals surface area contributed by atoms with Crippen molar-refractivity contribution in [3.8, 4) is 0 Å². The number of rotatable bonds is 9. The third kappa shape index (κ3) is 5.39. The molecule has 1 unspecified atom stereocenters. The van der Waals surface area contributed by atoms with Gasteiger partial charge >= 0.3 is 5.97 Å². The van der Waals surface area contributed by atoms with E-state index in [0.29, 0.717) is 11.6 Å². The second-order valence-electron chi connectivity index (χ2n) is 7.01. The summed E-state index contributed by atoms with van der Waals surface area (Å²) < 4.78 is 0. The van der Waals surface area contributed by atoms with Crippen molar-refractivity contribution < 1.29 is 14.7 Å². The van der Waals surface area contributed by atoms with Gasteiger partial charge in [-0.3, -0.25) is 9.59 Å². The van der Waals surface area contributed by atoms with Gasteiger partial charge in [0.2, 0.25) is 5.91 Å². The van der Waals surface area contributed by atoms with Gasteiger partial charge in [0.25, 0.3) is 0 Å². The lowest BCUT2D eigenvalue weighted by Crippen LogP contribution is -2.21. The van der Waals surface area contributed by atoms with Crippen LogP contribution in [-0.4, -0.2) is 22.0 Å². The van der Waals surface area contributed by atoms with E-state index in [0.717, 1.165) is 10.6 Å². The Morgan fingerprint density at radius 1 is 1.36 bits per heavy atom. The number of carbonyl (C=O) groups is 2. The molecular formula is C22H24N2O3S. The number of anilines is 1. The lowest BCUT2D eigenvalue weighted by molar-refractivity contribution is -0.143. The number of carboxylic acid groups (broad SMARTS) is 1. The number of amides is 1. The van der Waals surface area contributed by atoms with E-state index in [1.54, 1.807) is 17.4 Å². The van der Waals surface area contributed by atoms with E-state index in [9.17, 15) is 9.59 Å². The average Bonchev–Trinajstić information content (AvgIpc) is 3.06. The summed E-state index contributed by atoms with van der Waals surface area (Å²) in [4.78, 5) is 28.0. The maximum Gasteiger partial charge on any atom is 0.307 e. The van der Waals surface area contributed by atoms with Crippen LogP contribution in [0.15, 0.2) is 42.3 Å². The molecule has 3 rings (SSSR count). The van der Waals surface area contributed by atoms with E-state index in [1.165, 1.54) is 31.0 Å². The highest BCUT2D eigenvalue weighted by Gasteiger charge is 2.21. The van der Waals surface area contributed by atoms with Crippen molar-refractivity contribution in [2.45, 2.75) is 38.0 Å². The molecule has 1 heterocycles. The van der Waals surface area contributed by atoms with Crippen molar-refractivity contribution in [2.24, 2.45) is 5.92 Å². The predicted molar refractivity (Wildman–Crippen MR) is 113 cm³/mol. The summed E-state index contributed by atoms with van der Waals surface area (Å²) in [6, 6.07) is 7.45. The minimum Gasteiger partial charge on any atom is -0.481 e. The molecular weight excluding hydrogens is 372 g/mol. The van der Waals surface area contributed by atoms with Crippen molar-refractivity contribution in [3.63, 3.8) is 0 Å². The number of benzene rings is 1. The Labute approximate surface area is 168 Å². The number of hydrogen-bond acceptors (Lipinski definition) is 4. The Bertz CT molecular complexity index is 883. The van der Waals surface area contributed by atoms with Crippen LogP contribution in [0.1, 0.15) is 54.3 Å². The fourth-order valence-electron chi connectivity index (χ4n) is 3.06. The molecule has 0 spiro atoms. The van der Waals surface area contributed by atoms with Gasteiger partial charge in [-0.05, 0) is 43.0 Å². The van der Waals surface area contributed by atoms with Crippen molar-refractivity contribution in [2.75, 3.05) is 5.32 Å². The summed E-state index contributed by atoms with van der Waals surface area (Å²) in [5.41, 5.74) is 2.78. The minimum atomic E-state index is -0.989. The summed E-state index contributed by atoms with van der Waals surface area (Å²) in [5, 5.41) is 15.0. The van der Waals surface area contributed by atoms with Crippen LogP contribution in [0.4, 0.5) is 5.69 Å². The second kappa shape index (κ2) is 9.46. The Hall–Kier alpha value is -2.73. The van der Waals surface area contributed by atoms with Crippen LogP contribution in [0.2, 0.25) is 0 Å². The Balaban J connectivity index is 1.60. The van der Waals surface area contributed by atoms with Gasteiger partial charge in [0.05, 0.1) is 11.6 Å². The molecule has 1 aromatic heterocycles. The number of carboxylic acids is 1. The maximum absolute atomic E-state index is 12.2. The Morgan fingerprint density at radius 3 is 2.86 bits per heavy atom. The van der Waals surface area contributed by atoms with Crippen LogP contribution >= 0.6 is 11.3 Å². The Kier molecular flexibility index (Phi) is 6.76. The van der Waals surface area contributed by atoms with Crippen molar-refractivity contribution in [3.05, 3.63) is 58.6 Å². The zero-order valence-electron chi connectivity index (χ0n) is 15.6. The number of aromatic nitrogens is 1. The number of hydrogen-bond donors (Lipinski definition) is 2. The lowest BCUT2D eigenvalue weighted by Gasteiger charge is -2.22. The zero-order valence-corrected chi connectivity index (χ0v) is 16.5. The van der Waals surface area contributed by atoms with Gasteiger partial charge in [-0.2, -0.15) is 0 Å². The third-order valence-corrected chi connectivity index (χ3v) is 5.71. The number of aliphatic carboxylic acids is 1. The van der Waals surface area contributed by atoms with Crippen molar-refractivity contribution in [1.29, 1.82) is 0 Å². The summed E-state index contributed by atoms with van der Waals surface area (Å²) in [5.74, 6) is -1.43. The SMILES string of the molecule is C=CCC(CC(=O)Nc1cccc(/C=C/c2nc(C3CCC3)cs2)c1)C(=O)O. The molecule has 1 saturated carbocycles. The quantitative estimate of drug-likeness (QED) is 0.572. The molecule has 1 amide bonds. The van der Waals surface area contributed by atoms with E-state index in [2.05, 4.69) is 22.3 Å². The van der Waals surface area contributed by atoms with Gasteiger partial charge in [0, 0.05) is 23.4 Å². The minimum absolute atomic E-state index is 0.0789. The number of carbonyl (C=O) groups excluding carboxylic acids is 1. The molecule has 0 saturated heterocycles. The van der Waals surface area contributed by atoms with Gasteiger partial charge < -0.3 is 10.4 Å². The first-order chi connectivity index (χ1) is 13.5. The van der Waals surface area contributed by atoms with Gasteiger partial charge in [0.15, 0.2) is 0 Å². The standard InChI is InChI=1S/C22H24N2O3S/c1-2-5-17(22(26)27)13-20(25)23-18-9-3-6-15(12-18)10-11-21-24-19(14-28-21)16-7-4-8-16/h2-3,6,9-12,14,16-17H,1,4-5,7-8,13H2,(H,23,25)(H,26,27)/b11-10+. The fourth-order valence-corrected chi connectivity index (χ4v) is 3.86. The first-order valence-electron chi connectivity index (χ1n) is 9.42. The average molecular weight is 397 g/mol. The molecule has 0 aliphatic heterocycles. The van der Waals surface area contributed by atoms with Gasteiger partial charge in [0.1, 0.15) is 5.01 Å². The molecule has 2 N–H and O–H groups in total. The molecule has 146 valence electrons. The van der Waals surface area contributed by atoms with Gasteiger partial charge in [-0.1, -0.05) is 30.7 Å². The number of allylic oxidation sites excluding steroid dienone is 1. The highest BCUT2D eigenvalue weighted by Crippen LogP contribution is 2.36. The largest absolute Gasteiger partial charge is 0.481 e. The van der Waals surface area contributed by atoms with Crippen LogP contribution < -0.4 is 5.32 Å². The summed E-state index contributed by atoms with van der Waals surface area (Å²) in [6.07, 6.45) is 9.44. The van der Waals surface area contributed by atoms with Crippen LogP contribution in [-0.2, 0) is 9.59 Å². The monoisotopic (exact) mass is 396 g/mol. The molecule has 1 fully saturated rings. The van der Waals surface area contributed by atoms with Crippen LogP contribution in [0.3, 0.4) is 0 Å². The topological polar surface area (TPSA) is 79.3 Å². The molecule has 1 atom stereocenters. The van der Waals surface area contributed by atoms with Gasteiger partial charge in [-0.15, -0.1) is 17.9 Å². The number of nitrogens with one attached hydrogen (secondary N) is 1. The molecule has 5 nitrogen and oxygen atoms in total. The van der Waals surface area contributed by atoms with E-state index in [4.69, 9.17) is 5.11 Å². The highest BCUT2D eigenvalue weighted by atomic mass is 32.1. The molecule has 1 aliphatic rings. The summed E-state index contributed by atoms with van der Waals surface area (Å²) in [7, 11) is 0. The number of nitrogens with zero attached hydrogens (tertiary/aromatic N) is 1. The highest BCUT2D eigenvalue weighted by molar-refractivity contribution is 7.10. The predicted octanol–water partition coefficient (Wildman–Crippen LogP) is 5.19. The molecule has 2 aromatic rings. The van der Waals surface area contributed by atoms with Crippen LogP contribution in [0.5, 0.6) is 0 Å². The van der Waals surface area contributed by atoms with E-state index < -0.39 is 11.9 Å². The Morgan fingerprint density at radius 2 is 2.18 bits per heavy atom. The maximum atomic E-state index is 12.2. The molecule has 1 aliphatic carbocycles. The second-order valence-corrected chi connectivity index (χ2v) is 7.90. The van der Waals surface area contributed by atoms with Crippen LogP contribution in [0, 0.1) is 5.92 Å². The summed E-state index contributed by atoms with van der Waals surface area (Å²) in [6.45, 7) is 3.54. The molecule has 28 heavy (non-hydrogen) atoms. The van der Waals surface area contributed by atoms with Crippen molar-refractivity contribution in [1.82, 2.24) is 4.98 Å². The normalized spacial score (nSPS) is 15.1. The molecule has 6 heteroatoms. The van der Waals surface area contributed by atoms with E-state index in [1.807, 2.05) is 30.4 Å². The lowest BCUT2D eigenvalue weighted by atomic mass is 9.83. The fraction of sp³-hybridized carbons (Fsp3) is 0.318. The zero-order chi connectivity index (χ0) is 19.9. The summed E-state index contributed by atoms with van der Waals surface area (Å²) >= 11 is 1.64. The molecule has 0 bridgehead atoms. The van der Waals surface area contributed by atoms with Gasteiger partial charge in [-0.25, -0.2) is 4.98 Å². The van der Waals surface area contributed by atoms with Crippen molar-refractivity contribution >= 4 is 41.1 Å². The van der Waals surface area contributed by atoms with E-state index >= 15 is 0 Å².